The van der Waals surface area contributed by atoms with Crippen LogP contribution in [0.15, 0.2) is 0 Å². The fourth-order valence-corrected chi connectivity index (χ4v) is 0. The van der Waals surface area contributed by atoms with Crippen molar-refractivity contribution < 1.29 is 14.5 Å². The van der Waals surface area contributed by atoms with E-state index in [2.05, 4.69) is 0 Å². The lowest BCUT2D eigenvalue weighted by Gasteiger charge is -1.71. The summed E-state index contributed by atoms with van der Waals surface area (Å²) in [5.41, 5.74) is 0. The molecule has 1 unspecified atom stereocenters. The molecule has 0 aromatic heterocycles. The molecule has 0 rings (SSSR count). The summed E-state index contributed by atoms with van der Waals surface area (Å²) >= 11 is 0. The van der Waals surface area contributed by atoms with Gasteiger partial charge in [0.1, 0.15) is 0 Å². The average molecular weight is 124 g/mol. The first-order chi connectivity index (χ1) is 3.27. The summed E-state index contributed by atoms with van der Waals surface area (Å²) in [4.78, 5) is 9.37. The van der Waals surface area contributed by atoms with Gasteiger partial charge in [-0.2, -0.15) is 0 Å². The Kier molecular flexibility index (Phi) is 12.9. The minimum Gasteiger partial charge on any atom is -0.481 e. The summed E-state index contributed by atoms with van der Waals surface area (Å²) < 4.78 is 8.28. The maximum atomic E-state index is 9.37. The van der Waals surface area contributed by atoms with Gasteiger partial charge in [0.05, 0.1) is 9.12 Å². The van der Waals surface area contributed by atoms with Gasteiger partial charge < -0.3 is 9.67 Å². The van der Waals surface area contributed by atoms with Gasteiger partial charge in [-0.1, -0.05) is 6.92 Å². The molecule has 0 heterocycles. The zero-order valence-electron chi connectivity index (χ0n) is 4.18. The first-order valence-electron chi connectivity index (χ1n) is 1.78. The predicted octanol–water partition coefficient (Wildman–Crippen LogP) is 0.420. The van der Waals surface area contributed by atoms with Gasteiger partial charge in [0, 0.05) is 6.42 Å². The molecule has 0 aliphatic heterocycles. The highest BCUT2D eigenvalue weighted by Gasteiger charge is 1.80. The third-order valence-electron chi connectivity index (χ3n) is 0.302. The van der Waals surface area contributed by atoms with E-state index >= 15 is 0 Å². The van der Waals surface area contributed by atoms with Crippen molar-refractivity contribution >= 4 is 15.1 Å². The fourth-order valence-electron chi connectivity index (χ4n) is 0. The Hall–Kier alpha value is -0.300. The Morgan fingerprint density at radius 2 is 1.86 bits per heavy atom. The molecule has 0 aliphatic rings. The molecule has 0 saturated carbocycles. The quantitative estimate of drug-likeness (QED) is 0.515. The van der Waals surface area contributed by atoms with Crippen LogP contribution < -0.4 is 0 Å². The van der Waals surface area contributed by atoms with Crippen LogP contribution in [0.3, 0.4) is 0 Å². The number of rotatable bonds is 1. The SMILES string of the molecule is CCC(=O)O.O=[PH3]. The molecule has 0 saturated heterocycles. The molecule has 0 aliphatic carbocycles. The minimum absolute atomic E-state index is 0.222. The van der Waals surface area contributed by atoms with E-state index in [-0.39, 0.29) is 6.42 Å². The van der Waals surface area contributed by atoms with E-state index in [0.717, 1.165) is 0 Å². The Balaban J connectivity index is 0. The molecule has 44 valence electrons. The average Bonchev–Trinajstić information content (AvgIpc) is 1.73. The molecule has 0 amide bonds. The summed E-state index contributed by atoms with van der Waals surface area (Å²) in [5, 5.41) is 7.72. The molecule has 0 spiro atoms. The number of carboxylic acids is 1. The van der Waals surface area contributed by atoms with Crippen molar-refractivity contribution in [1.29, 1.82) is 0 Å². The second-order valence-electron chi connectivity index (χ2n) is 0.747. The highest BCUT2D eigenvalue weighted by molar-refractivity contribution is 7.00. The van der Waals surface area contributed by atoms with Crippen molar-refractivity contribution in [1.82, 2.24) is 0 Å². The number of aliphatic carboxylic acids is 1. The number of hydrogen-bond donors (Lipinski definition) is 1. The lowest BCUT2D eigenvalue weighted by molar-refractivity contribution is -0.136. The Bertz CT molecular complexity index is 54.1. The zero-order valence-corrected chi connectivity index (χ0v) is 5.59. The van der Waals surface area contributed by atoms with Crippen LogP contribution in [-0.4, -0.2) is 11.1 Å². The van der Waals surface area contributed by atoms with Crippen LogP contribution in [0.1, 0.15) is 13.3 Å². The van der Waals surface area contributed by atoms with Crippen LogP contribution in [0.5, 0.6) is 0 Å². The molecule has 4 heteroatoms. The molecule has 0 fully saturated rings. The molecule has 1 N–H and O–H groups in total. The summed E-state index contributed by atoms with van der Waals surface area (Å²) in [6.07, 6.45) is 0.222. The van der Waals surface area contributed by atoms with E-state index < -0.39 is 5.97 Å². The largest absolute Gasteiger partial charge is 0.481 e. The molecule has 0 aromatic rings. The van der Waals surface area contributed by atoms with Gasteiger partial charge in [-0.3, -0.25) is 4.79 Å². The number of carbonyl (C=O) groups is 1. The van der Waals surface area contributed by atoms with Crippen LogP contribution >= 0.6 is 9.12 Å². The molecule has 1 atom stereocenters. The molecular weight excluding hydrogens is 115 g/mol. The number of carboxylic acid groups (broad SMARTS) is 1. The summed E-state index contributed by atoms with van der Waals surface area (Å²) in [5.74, 6) is -0.745. The highest BCUT2D eigenvalue weighted by atomic mass is 31.0. The van der Waals surface area contributed by atoms with Crippen LogP contribution in [0.4, 0.5) is 0 Å². The van der Waals surface area contributed by atoms with E-state index in [1.807, 2.05) is 0 Å². The summed E-state index contributed by atoms with van der Waals surface area (Å²) in [6, 6.07) is 0. The van der Waals surface area contributed by atoms with E-state index in [1.165, 1.54) is 0 Å². The second-order valence-corrected chi connectivity index (χ2v) is 0.747. The van der Waals surface area contributed by atoms with Gasteiger partial charge in [-0.15, -0.1) is 0 Å². The molecule has 0 aromatic carbocycles. The van der Waals surface area contributed by atoms with E-state index in [9.17, 15) is 4.79 Å². The van der Waals surface area contributed by atoms with Crippen molar-refractivity contribution in [3.05, 3.63) is 0 Å². The standard InChI is InChI=1S/C3H6O2.H3OP/c1-2-3(4)5;1-2/h2H2,1H3,(H,4,5);2H3. The molecular formula is C3H9O3P. The summed E-state index contributed by atoms with van der Waals surface area (Å²) in [6.45, 7) is 1.60. The Morgan fingerprint density at radius 3 is 1.86 bits per heavy atom. The zero-order chi connectivity index (χ0) is 6.28. The normalized spacial score (nSPS) is 6.43. The van der Waals surface area contributed by atoms with E-state index in [4.69, 9.17) is 9.67 Å². The van der Waals surface area contributed by atoms with Crippen molar-refractivity contribution in [3.63, 3.8) is 0 Å². The summed E-state index contributed by atoms with van der Waals surface area (Å²) in [7, 11) is 0.611. The minimum atomic E-state index is -0.745. The molecule has 0 radical (unpaired) electrons. The lowest BCUT2D eigenvalue weighted by atomic mass is 10.5. The monoisotopic (exact) mass is 124 g/mol. The smallest absolute Gasteiger partial charge is 0.303 e. The van der Waals surface area contributed by atoms with Crippen LogP contribution in [0.25, 0.3) is 0 Å². The van der Waals surface area contributed by atoms with Gasteiger partial charge in [0.25, 0.3) is 0 Å². The van der Waals surface area contributed by atoms with Crippen LogP contribution in [0, 0.1) is 0 Å². The highest BCUT2D eigenvalue weighted by Crippen LogP contribution is 1.67. The van der Waals surface area contributed by atoms with Crippen LogP contribution in [0.2, 0.25) is 0 Å². The van der Waals surface area contributed by atoms with Crippen molar-refractivity contribution in [2.45, 2.75) is 13.3 Å². The topological polar surface area (TPSA) is 54.4 Å². The number of hydrogen-bond acceptors (Lipinski definition) is 2. The van der Waals surface area contributed by atoms with E-state index in [1.54, 1.807) is 6.92 Å². The second kappa shape index (κ2) is 9.20. The van der Waals surface area contributed by atoms with Gasteiger partial charge in [0.2, 0.25) is 0 Å². The fraction of sp³-hybridized carbons (Fsp3) is 0.667. The predicted molar refractivity (Wildman–Crippen MR) is 29.7 cm³/mol. The lowest BCUT2D eigenvalue weighted by Crippen LogP contribution is -1.86. The first kappa shape index (κ1) is 9.85. The molecule has 0 bridgehead atoms. The molecule has 7 heavy (non-hydrogen) atoms. The third kappa shape index (κ3) is 27.0. The Labute approximate surface area is 44.0 Å². The maximum absolute atomic E-state index is 9.37. The Morgan fingerprint density at radius 1 is 1.71 bits per heavy atom. The van der Waals surface area contributed by atoms with Gasteiger partial charge in [-0.25, -0.2) is 0 Å². The van der Waals surface area contributed by atoms with Gasteiger partial charge >= 0.3 is 5.97 Å². The van der Waals surface area contributed by atoms with Gasteiger partial charge in [0.15, 0.2) is 0 Å². The first-order valence-corrected chi connectivity index (χ1v) is 2.35. The van der Waals surface area contributed by atoms with Gasteiger partial charge in [-0.05, 0) is 0 Å². The van der Waals surface area contributed by atoms with Crippen molar-refractivity contribution in [2.75, 3.05) is 0 Å². The maximum Gasteiger partial charge on any atom is 0.303 e. The van der Waals surface area contributed by atoms with Crippen LogP contribution in [-0.2, 0) is 9.36 Å². The molecule has 3 nitrogen and oxygen atoms in total. The van der Waals surface area contributed by atoms with E-state index in [0.29, 0.717) is 9.12 Å². The van der Waals surface area contributed by atoms with Crippen molar-refractivity contribution in [3.8, 4) is 0 Å². The third-order valence-corrected chi connectivity index (χ3v) is 0.302. The van der Waals surface area contributed by atoms with Crippen molar-refractivity contribution in [2.24, 2.45) is 0 Å².